The molecule has 1 N–H and O–H groups in total. The molecule has 0 bridgehead atoms. The fourth-order valence-corrected chi connectivity index (χ4v) is 4.68. The lowest BCUT2D eigenvalue weighted by Crippen LogP contribution is -2.48. The molecular weight excluding hydrogens is 300 g/mol. The smallest absolute Gasteiger partial charge is 0.345 e. The predicted molar refractivity (Wildman–Crippen MR) is 75.3 cm³/mol. The molecule has 1 fully saturated rings. The Morgan fingerprint density at radius 1 is 1.35 bits per heavy atom. The molecule has 0 radical (unpaired) electrons. The standard InChI is InChI=1S/C12H14N2O4S2/c1-2-5-13-6-8-14(9-7-13)20(17,18)11-4-3-10(19-11)12(15)16/h1,3-4H,5-9H2,(H,15,16). The number of terminal acetylenes is 1. The Hall–Kier alpha value is -1.40. The quantitative estimate of drug-likeness (QED) is 0.813. The number of carboxylic acid groups (broad SMARTS) is 1. The van der Waals surface area contributed by atoms with Gasteiger partial charge >= 0.3 is 5.97 Å². The summed E-state index contributed by atoms with van der Waals surface area (Å²) in [4.78, 5) is 12.8. The number of thiophene rings is 1. The van der Waals surface area contributed by atoms with Gasteiger partial charge in [0.2, 0.25) is 0 Å². The average molecular weight is 314 g/mol. The number of sulfonamides is 1. The third-order valence-electron chi connectivity index (χ3n) is 3.03. The van der Waals surface area contributed by atoms with E-state index in [1.807, 2.05) is 4.90 Å². The minimum Gasteiger partial charge on any atom is -0.477 e. The fourth-order valence-electron chi connectivity index (χ4n) is 1.96. The monoisotopic (exact) mass is 314 g/mol. The van der Waals surface area contributed by atoms with Gasteiger partial charge in [0.15, 0.2) is 0 Å². The second-order valence-electron chi connectivity index (χ2n) is 4.31. The highest BCUT2D eigenvalue weighted by Crippen LogP contribution is 2.25. The van der Waals surface area contributed by atoms with Crippen molar-refractivity contribution in [1.82, 2.24) is 9.21 Å². The number of piperazine rings is 1. The zero-order valence-corrected chi connectivity index (χ0v) is 12.3. The zero-order chi connectivity index (χ0) is 14.8. The molecule has 1 saturated heterocycles. The van der Waals surface area contributed by atoms with Crippen LogP contribution in [0.25, 0.3) is 0 Å². The van der Waals surface area contributed by atoms with Crippen LogP contribution in [0.4, 0.5) is 0 Å². The van der Waals surface area contributed by atoms with Gasteiger partial charge in [-0.25, -0.2) is 13.2 Å². The first-order valence-electron chi connectivity index (χ1n) is 5.94. The Kier molecular flexibility index (Phi) is 4.45. The number of aromatic carboxylic acids is 1. The maximum absolute atomic E-state index is 12.4. The van der Waals surface area contributed by atoms with Crippen LogP contribution < -0.4 is 0 Å². The van der Waals surface area contributed by atoms with Crippen LogP contribution in [-0.2, 0) is 10.0 Å². The van der Waals surface area contributed by atoms with Crippen LogP contribution in [0.5, 0.6) is 0 Å². The summed E-state index contributed by atoms with van der Waals surface area (Å²) < 4.78 is 26.2. The third-order valence-corrected chi connectivity index (χ3v) is 6.47. The number of hydrogen-bond acceptors (Lipinski definition) is 5. The molecule has 0 atom stereocenters. The van der Waals surface area contributed by atoms with Gasteiger partial charge in [-0.3, -0.25) is 4.90 Å². The Morgan fingerprint density at radius 2 is 2.00 bits per heavy atom. The molecule has 2 rings (SSSR count). The summed E-state index contributed by atoms with van der Waals surface area (Å²) in [6.45, 7) is 2.41. The molecule has 1 aromatic heterocycles. The molecule has 1 aromatic rings. The molecule has 20 heavy (non-hydrogen) atoms. The van der Waals surface area contributed by atoms with E-state index in [4.69, 9.17) is 11.5 Å². The Morgan fingerprint density at radius 3 is 2.50 bits per heavy atom. The molecule has 0 amide bonds. The largest absolute Gasteiger partial charge is 0.477 e. The molecule has 2 heterocycles. The van der Waals surface area contributed by atoms with E-state index in [2.05, 4.69) is 5.92 Å². The van der Waals surface area contributed by atoms with Crippen molar-refractivity contribution < 1.29 is 18.3 Å². The lowest BCUT2D eigenvalue weighted by Gasteiger charge is -2.32. The molecule has 0 aromatic carbocycles. The highest BCUT2D eigenvalue weighted by atomic mass is 32.2. The predicted octanol–water partition coefficient (Wildman–Crippen LogP) is 0.386. The van der Waals surface area contributed by atoms with Crippen LogP contribution >= 0.6 is 11.3 Å². The second-order valence-corrected chi connectivity index (χ2v) is 7.56. The fraction of sp³-hybridized carbons (Fsp3) is 0.417. The van der Waals surface area contributed by atoms with E-state index >= 15 is 0 Å². The average Bonchev–Trinajstić information content (AvgIpc) is 2.90. The molecule has 0 spiro atoms. The summed E-state index contributed by atoms with van der Waals surface area (Å²) in [5, 5.41) is 8.84. The van der Waals surface area contributed by atoms with Gasteiger partial charge in [0, 0.05) is 26.2 Å². The van der Waals surface area contributed by atoms with Gasteiger partial charge in [-0.2, -0.15) is 4.31 Å². The molecule has 0 saturated carbocycles. The van der Waals surface area contributed by atoms with Crippen molar-refractivity contribution in [3.63, 3.8) is 0 Å². The van der Waals surface area contributed by atoms with Crippen LogP contribution in [0.1, 0.15) is 9.67 Å². The molecular formula is C12H14N2O4S2. The number of carbonyl (C=O) groups is 1. The second kappa shape index (κ2) is 5.93. The Bertz CT molecular complexity index is 637. The van der Waals surface area contributed by atoms with E-state index in [0.717, 1.165) is 11.3 Å². The van der Waals surface area contributed by atoms with Crippen molar-refractivity contribution in [3.8, 4) is 12.3 Å². The van der Waals surface area contributed by atoms with Gasteiger partial charge < -0.3 is 5.11 Å². The minimum absolute atomic E-state index is 0.0227. The maximum atomic E-state index is 12.4. The van der Waals surface area contributed by atoms with Crippen LogP contribution in [-0.4, -0.2) is 61.4 Å². The van der Waals surface area contributed by atoms with Crippen molar-refractivity contribution in [2.45, 2.75) is 4.21 Å². The number of hydrogen-bond donors (Lipinski definition) is 1. The SMILES string of the molecule is C#CCN1CCN(S(=O)(=O)c2ccc(C(=O)O)s2)CC1. The highest BCUT2D eigenvalue weighted by Gasteiger charge is 2.29. The summed E-state index contributed by atoms with van der Waals surface area (Å²) in [5.41, 5.74) is 0. The molecule has 108 valence electrons. The van der Waals surface area contributed by atoms with Crippen LogP contribution in [0.2, 0.25) is 0 Å². The molecule has 0 aliphatic carbocycles. The lowest BCUT2D eigenvalue weighted by atomic mass is 10.4. The summed E-state index contributed by atoms with van der Waals surface area (Å²) in [7, 11) is -3.60. The van der Waals surface area contributed by atoms with E-state index in [-0.39, 0.29) is 9.09 Å². The molecule has 1 aliphatic heterocycles. The van der Waals surface area contributed by atoms with E-state index in [1.165, 1.54) is 16.4 Å². The summed E-state index contributed by atoms with van der Waals surface area (Å²) in [6.07, 6.45) is 5.22. The van der Waals surface area contributed by atoms with Crippen molar-refractivity contribution in [3.05, 3.63) is 17.0 Å². The van der Waals surface area contributed by atoms with Crippen LogP contribution in [0.3, 0.4) is 0 Å². The first-order chi connectivity index (χ1) is 9.45. The summed E-state index contributed by atoms with van der Waals surface area (Å²) >= 11 is 0.778. The summed E-state index contributed by atoms with van der Waals surface area (Å²) in [5.74, 6) is 1.42. The number of carboxylic acids is 1. The Labute approximate surface area is 121 Å². The van der Waals surface area contributed by atoms with E-state index in [9.17, 15) is 13.2 Å². The van der Waals surface area contributed by atoms with E-state index in [1.54, 1.807) is 0 Å². The van der Waals surface area contributed by atoms with Crippen molar-refractivity contribution in [1.29, 1.82) is 0 Å². The van der Waals surface area contributed by atoms with Crippen LogP contribution in [0, 0.1) is 12.3 Å². The molecule has 6 nitrogen and oxygen atoms in total. The first kappa shape index (κ1) is 15.0. The lowest BCUT2D eigenvalue weighted by molar-refractivity contribution is 0.0702. The maximum Gasteiger partial charge on any atom is 0.345 e. The number of rotatable bonds is 4. The molecule has 0 unspecified atom stereocenters. The van der Waals surface area contributed by atoms with Gasteiger partial charge in [-0.15, -0.1) is 17.8 Å². The summed E-state index contributed by atoms with van der Waals surface area (Å²) in [6, 6.07) is 2.66. The van der Waals surface area contributed by atoms with Gasteiger partial charge in [0.1, 0.15) is 9.09 Å². The van der Waals surface area contributed by atoms with Crippen molar-refractivity contribution >= 4 is 27.3 Å². The topological polar surface area (TPSA) is 77.9 Å². The highest BCUT2D eigenvalue weighted by molar-refractivity contribution is 7.91. The first-order valence-corrected chi connectivity index (χ1v) is 8.20. The molecule has 8 heteroatoms. The zero-order valence-electron chi connectivity index (χ0n) is 10.7. The van der Waals surface area contributed by atoms with E-state index in [0.29, 0.717) is 32.7 Å². The van der Waals surface area contributed by atoms with Gasteiger partial charge in [-0.05, 0) is 12.1 Å². The third kappa shape index (κ3) is 3.02. The number of nitrogens with zero attached hydrogens (tertiary/aromatic N) is 2. The van der Waals surface area contributed by atoms with Crippen molar-refractivity contribution in [2.75, 3.05) is 32.7 Å². The minimum atomic E-state index is -3.60. The molecule has 1 aliphatic rings. The van der Waals surface area contributed by atoms with Crippen molar-refractivity contribution in [2.24, 2.45) is 0 Å². The van der Waals surface area contributed by atoms with Gasteiger partial charge in [-0.1, -0.05) is 5.92 Å². The van der Waals surface area contributed by atoms with Gasteiger partial charge in [0.25, 0.3) is 10.0 Å². The van der Waals surface area contributed by atoms with Crippen LogP contribution in [0.15, 0.2) is 16.3 Å². The van der Waals surface area contributed by atoms with Gasteiger partial charge in [0.05, 0.1) is 6.54 Å². The Balaban J connectivity index is 2.11. The van der Waals surface area contributed by atoms with E-state index < -0.39 is 16.0 Å². The normalized spacial score (nSPS) is 17.8.